The van der Waals surface area contributed by atoms with Gasteiger partial charge in [-0.1, -0.05) is 38.1 Å². The lowest BCUT2D eigenvalue weighted by Crippen LogP contribution is -2.35. The van der Waals surface area contributed by atoms with Crippen LogP contribution in [0.3, 0.4) is 0 Å². The van der Waals surface area contributed by atoms with Crippen LogP contribution in [0, 0.1) is 17.6 Å². The second kappa shape index (κ2) is 8.19. The summed E-state index contributed by atoms with van der Waals surface area (Å²) in [7, 11) is 0. The van der Waals surface area contributed by atoms with E-state index >= 15 is 0 Å². The first-order valence-corrected chi connectivity index (χ1v) is 8.58. The molecule has 4 nitrogen and oxygen atoms in total. The number of nitrogens with zero attached hydrogens (tertiary/aromatic N) is 2. The minimum absolute atomic E-state index is 0.157. The quantitative estimate of drug-likeness (QED) is 0.682. The minimum atomic E-state index is -0.396. The fourth-order valence-corrected chi connectivity index (χ4v) is 2.70. The standard InChI is InChI=1S/C20H21F2N3O/c1-13(2)18(11-14-7-9-15(21)10-8-14)23-12-19-24-25-20(26-19)16-5-3-4-6-17(16)22/h3-10,13,18,23H,11-12H2,1-2H3. The third-order valence-electron chi connectivity index (χ3n) is 4.26. The number of rotatable bonds is 7. The first kappa shape index (κ1) is 18.2. The van der Waals surface area contributed by atoms with Crippen molar-refractivity contribution >= 4 is 0 Å². The van der Waals surface area contributed by atoms with Crippen LogP contribution in [0.25, 0.3) is 11.5 Å². The van der Waals surface area contributed by atoms with Crippen molar-refractivity contribution in [3.63, 3.8) is 0 Å². The van der Waals surface area contributed by atoms with E-state index in [2.05, 4.69) is 29.4 Å². The monoisotopic (exact) mass is 357 g/mol. The molecule has 3 rings (SSSR count). The molecule has 0 saturated carbocycles. The third kappa shape index (κ3) is 4.52. The third-order valence-corrected chi connectivity index (χ3v) is 4.26. The smallest absolute Gasteiger partial charge is 0.250 e. The van der Waals surface area contributed by atoms with E-state index in [0.29, 0.717) is 18.4 Å². The molecular weight excluding hydrogens is 336 g/mol. The van der Waals surface area contributed by atoms with E-state index in [9.17, 15) is 8.78 Å². The Kier molecular flexibility index (Phi) is 5.73. The molecule has 0 aliphatic heterocycles. The molecule has 0 fully saturated rings. The maximum absolute atomic E-state index is 13.8. The van der Waals surface area contributed by atoms with Crippen LogP contribution in [0.1, 0.15) is 25.3 Å². The van der Waals surface area contributed by atoms with Crippen LogP contribution in [-0.4, -0.2) is 16.2 Å². The maximum Gasteiger partial charge on any atom is 0.250 e. The highest BCUT2D eigenvalue weighted by Crippen LogP contribution is 2.21. The number of aromatic nitrogens is 2. The van der Waals surface area contributed by atoms with Gasteiger partial charge in [-0.05, 0) is 42.2 Å². The fourth-order valence-electron chi connectivity index (χ4n) is 2.70. The van der Waals surface area contributed by atoms with Crippen molar-refractivity contribution in [1.29, 1.82) is 0 Å². The molecule has 1 atom stereocenters. The van der Waals surface area contributed by atoms with Gasteiger partial charge in [0, 0.05) is 6.04 Å². The summed E-state index contributed by atoms with van der Waals surface area (Å²) in [5, 5.41) is 11.3. The van der Waals surface area contributed by atoms with Crippen LogP contribution in [0.2, 0.25) is 0 Å². The van der Waals surface area contributed by atoms with Crippen LogP contribution < -0.4 is 5.32 Å². The van der Waals surface area contributed by atoms with Gasteiger partial charge in [-0.2, -0.15) is 0 Å². The molecule has 1 heterocycles. The SMILES string of the molecule is CC(C)C(Cc1ccc(F)cc1)NCc1nnc(-c2ccccc2F)o1. The second-order valence-electron chi connectivity index (χ2n) is 6.54. The molecular formula is C20H21F2N3O. The highest BCUT2D eigenvalue weighted by Gasteiger charge is 2.17. The average molecular weight is 357 g/mol. The first-order chi connectivity index (χ1) is 12.5. The molecule has 0 aliphatic carbocycles. The number of nitrogens with one attached hydrogen (secondary N) is 1. The number of benzene rings is 2. The Morgan fingerprint density at radius 1 is 1.00 bits per heavy atom. The summed E-state index contributed by atoms with van der Waals surface area (Å²) in [6.45, 7) is 4.60. The van der Waals surface area contributed by atoms with Crippen molar-refractivity contribution in [1.82, 2.24) is 15.5 Å². The topological polar surface area (TPSA) is 51.0 Å². The largest absolute Gasteiger partial charge is 0.419 e. The highest BCUT2D eigenvalue weighted by atomic mass is 19.1. The van der Waals surface area contributed by atoms with Gasteiger partial charge in [0.05, 0.1) is 12.1 Å². The Morgan fingerprint density at radius 2 is 1.73 bits per heavy atom. The molecule has 1 aromatic heterocycles. The molecule has 2 aromatic carbocycles. The van der Waals surface area contributed by atoms with Gasteiger partial charge < -0.3 is 9.73 Å². The van der Waals surface area contributed by atoms with Gasteiger partial charge in [0.2, 0.25) is 5.89 Å². The Bertz CT molecular complexity index is 846. The lowest BCUT2D eigenvalue weighted by Gasteiger charge is -2.21. The predicted molar refractivity (Wildman–Crippen MR) is 95.3 cm³/mol. The molecule has 0 amide bonds. The fraction of sp³-hybridized carbons (Fsp3) is 0.300. The molecule has 0 saturated heterocycles. The van der Waals surface area contributed by atoms with E-state index in [1.54, 1.807) is 30.3 Å². The summed E-state index contributed by atoms with van der Waals surface area (Å²) in [6, 6.07) is 12.9. The molecule has 0 radical (unpaired) electrons. The Hall–Kier alpha value is -2.60. The van der Waals surface area contributed by atoms with E-state index < -0.39 is 5.82 Å². The van der Waals surface area contributed by atoms with Crippen molar-refractivity contribution in [3.05, 3.63) is 71.6 Å². The first-order valence-electron chi connectivity index (χ1n) is 8.58. The van der Waals surface area contributed by atoms with Gasteiger partial charge in [0.1, 0.15) is 11.6 Å². The number of halogens is 2. The van der Waals surface area contributed by atoms with Crippen molar-refractivity contribution < 1.29 is 13.2 Å². The second-order valence-corrected chi connectivity index (χ2v) is 6.54. The van der Waals surface area contributed by atoms with Crippen LogP contribution in [0.15, 0.2) is 52.9 Å². The zero-order valence-corrected chi connectivity index (χ0v) is 14.7. The van der Waals surface area contributed by atoms with Gasteiger partial charge in [-0.15, -0.1) is 10.2 Å². The normalized spacial score (nSPS) is 12.5. The molecule has 1 unspecified atom stereocenters. The molecule has 0 spiro atoms. The Labute approximate surface area is 151 Å². The lowest BCUT2D eigenvalue weighted by molar-refractivity contribution is 0.369. The summed E-state index contributed by atoms with van der Waals surface area (Å²) in [4.78, 5) is 0. The number of hydrogen-bond acceptors (Lipinski definition) is 4. The van der Waals surface area contributed by atoms with Gasteiger partial charge in [0.15, 0.2) is 0 Å². The molecule has 26 heavy (non-hydrogen) atoms. The Balaban J connectivity index is 1.64. The predicted octanol–water partition coefficient (Wildman–Crippen LogP) is 4.37. The highest BCUT2D eigenvalue weighted by molar-refractivity contribution is 5.53. The molecule has 1 N–H and O–H groups in total. The molecule has 6 heteroatoms. The van der Waals surface area contributed by atoms with E-state index in [1.807, 2.05) is 0 Å². The van der Waals surface area contributed by atoms with Gasteiger partial charge in [0.25, 0.3) is 5.89 Å². The average Bonchev–Trinajstić information content (AvgIpc) is 3.09. The lowest BCUT2D eigenvalue weighted by atomic mass is 9.96. The van der Waals surface area contributed by atoms with Crippen LogP contribution >= 0.6 is 0 Å². The van der Waals surface area contributed by atoms with E-state index in [-0.39, 0.29) is 23.3 Å². The number of hydrogen-bond donors (Lipinski definition) is 1. The molecule has 3 aromatic rings. The zero-order chi connectivity index (χ0) is 18.5. The molecule has 0 aliphatic rings. The maximum atomic E-state index is 13.8. The summed E-state index contributed by atoms with van der Waals surface area (Å²) in [5.74, 6) is 0.280. The van der Waals surface area contributed by atoms with Crippen molar-refractivity contribution in [2.45, 2.75) is 32.9 Å². The van der Waals surface area contributed by atoms with Gasteiger partial charge in [-0.25, -0.2) is 8.78 Å². The van der Waals surface area contributed by atoms with Crippen molar-refractivity contribution in [2.75, 3.05) is 0 Å². The summed E-state index contributed by atoms with van der Waals surface area (Å²) in [6.07, 6.45) is 0.756. The van der Waals surface area contributed by atoms with Crippen molar-refractivity contribution in [2.24, 2.45) is 5.92 Å². The van der Waals surface area contributed by atoms with Gasteiger partial charge in [-0.3, -0.25) is 0 Å². The van der Waals surface area contributed by atoms with Gasteiger partial charge >= 0.3 is 0 Å². The minimum Gasteiger partial charge on any atom is -0.419 e. The van der Waals surface area contributed by atoms with Crippen molar-refractivity contribution in [3.8, 4) is 11.5 Å². The Morgan fingerprint density at radius 3 is 2.42 bits per heavy atom. The van der Waals surface area contributed by atoms with Crippen LogP contribution in [0.5, 0.6) is 0 Å². The summed E-state index contributed by atoms with van der Waals surface area (Å²) in [5.41, 5.74) is 1.34. The van der Waals surface area contributed by atoms with E-state index in [1.165, 1.54) is 18.2 Å². The molecule has 136 valence electrons. The van der Waals surface area contributed by atoms with E-state index in [4.69, 9.17) is 4.42 Å². The van der Waals surface area contributed by atoms with Crippen LogP contribution in [-0.2, 0) is 13.0 Å². The summed E-state index contributed by atoms with van der Waals surface area (Å²) >= 11 is 0. The zero-order valence-electron chi connectivity index (χ0n) is 14.7. The van der Waals surface area contributed by atoms with E-state index in [0.717, 1.165) is 12.0 Å². The summed E-state index contributed by atoms with van der Waals surface area (Å²) < 4.78 is 32.4. The van der Waals surface area contributed by atoms with Crippen LogP contribution in [0.4, 0.5) is 8.78 Å². The molecule has 0 bridgehead atoms.